The van der Waals surface area contributed by atoms with E-state index in [1.165, 1.54) is 12.8 Å². The first-order valence-corrected chi connectivity index (χ1v) is 7.44. The number of nitrogens with zero attached hydrogens (tertiary/aromatic N) is 2. The van der Waals surface area contributed by atoms with Crippen LogP contribution in [-0.4, -0.2) is 29.1 Å². The summed E-state index contributed by atoms with van der Waals surface area (Å²) >= 11 is 0. The number of hydrogen-bond donors (Lipinski definition) is 1. The maximum absolute atomic E-state index is 11.3. The maximum Gasteiger partial charge on any atom is 0.336 e. The largest absolute Gasteiger partial charge is 0.478 e. The number of anilines is 1. The zero-order valence-electron chi connectivity index (χ0n) is 12.0. The Balaban J connectivity index is 1.68. The summed E-state index contributed by atoms with van der Waals surface area (Å²) in [4.78, 5) is 17.9. The van der Waals surface area contributed by atoms with Gasteiger partial charge in [0.1, 0.15) is 0 Å². The third kappa shape index (κ3) is 1.97. The lowest BCUT2D eigenvalue weighted by Crippen LogP contribution is -2.56. The minimum absolute atomic E-state index is 0.326. The molecule has 1 saturated carbocycles. The highest BCUT2D eigenvalue weighted by atomic mass is 16.4. The monoisotopic (exact) mass is 282 g/mol. The fourth-order valence-electron chi connectivity index (χ4n) is 3.56. The summed E-state index contributed by atoms with van der Waals surface area (Å²) in [7, 11) is 0. The van der Waals surface area contributed by atoms with Crippen molar-refractivity contribution in [1.82, 2.24) is 4.98 Å². The van der Waals surface area contributed by atoms with Crippen LogP contribution >= 0.6 is 0 Å². The average molecular weight is 282 g/mol. The molecule has 0 spiro atoms. The molecule has 1 aliphatic heterocycles. The van der Waals surface area contributed by atoms with E-state index in [9.17, 15) is 9.90 Å². The summed E-state index contributed by atoms with van der Waals surface area (Å²) < 4.78 is 0. The summed E-state index contributed by atoms with van der Waals surface area (Å²) in [5.41, 5.74) is 2.63. The first kappa shape index (κ1) is 12.6. The topological polar surface area (TPSA) is 53.4 Å². The van der Waals surface area contributed by atoms with Gasteiger partial charge in [-0.2, -0.15) is 0 Å². The van der Waals surface area contributed by atoms with Crippen molar-refractivity contribution < 1.29 is 9.90 Å². The van der Waals surface area contributed by atoms with Crippen molar-refractivity contribution in [3.63, 3.8) is 0 Å². The third-order valence-corrected chi connectivity index (χ3v) is 4.99. The molecule has 0 atom stereocenters. The Kier molecular flexibility index (Phi) is 2.52. The lowest BCUT2D eigenvalue weighted by molar-refractivity contribution is 0.0699. The molecular weight excluding hydrogens is 264 g/mol. The van der Waals surface area contributed by atoms with Gasteiger partial charge in [-0.1, -0.05) is 6.92 Å². The lowest BCUT2D eigenvalue weighted by atomic mass is 9.77. The quantitative estimate of drug-likeness (QED) is 0.939. The fourth-order valence-corrected chi connectivity index (χ4v) is 3.56. The standard InChI is InChI=1S/C17H18N2O2/c1-17(11-2-3-11)9-19(10-17)12-4-5-15-14(8-12)13(16(20)21)6-7-18-15/h4-8,11H,2-3,9-10H2,1H3,(H,20,21). The van der Waals surface area contributed by atoms with Crippen molar-refractivity contribution in [2.75, 3.05) is 18.0 Å². The van der Waals surface area contributed by atoms with Gasteiger partial charge >= 0.3 is 5.97 Å². The Morgan fingerprint density at radius 1 is 1.33 bits per heavy atom. The highest BCUT2D eigenvalue weighted by Crippen LogP contribution is 2.51. The molecular formula is C17H18N2O2. The van der Waals surface area contributed by atoms with E-state index in [0.717, 1.165) is 35.6 Å². The molecule has 2 aromatic rings. The van der Waals surface area contributed by atoms with Gasteiger partial charge in [-0.3, -0.25) is 4.98 Å². The molecule has 1 aliphatic carbocycles. The predicted octanol–water partition coefficient (Wildman–Crippen LogP) is 3.17. The summed E-state index contributed by atoms with van der Waals surface area (Å²) in [6.07, 6.45) is 4.30. The summed E-state index contributed by atoms with van der Waals surface area (Å²) in [6, 6.07) is 7.51. The Bertz CT molecular complexity index is 731. The van der Waals surface area contributed by atoms with Gasteiger partial charge in [0.2, 0.25) is 0 Å². The first-order chi connectivity index (χ1) is 10.1. The minimum atomic E-state index is -0.897. The molecule has 4 nitrogen and oxygen atoms in total. The normalized spacial score (nSPS) is 20.3. The number of hydrogen-bond acceptors (Lipinski definition) is 3. The van der Waals surface area contributed by atoms with Crippen LogP contribution in [0.4, 0.5) is 5.69 Å². The molecule has 0 bridgehead atoms. The Morgan fingerprint density at radius 3 is 2.76 bits per heavy atom. The number of rotatable bonds is 3. The van der Waals surface area contributed by atoms with E-state index in [1.807, 2.05) is 18.2 Å². The molecule has 0 unspecified atom stereocenters. The van der Waals surface area contributed by atoms with Crippen molar-refractivity contribution in [3.05, 3.63) is 36.0 Å². The van der Waals surface area contributed by atoms with E-state index in [4.69, 9.17) is 0 Å². The summed E-state index contributed by atoms with van der Waals surface area (Å²) in [5, 5.41) is 10.0. The van der Waals surface area contributed by atoms with E-state index in [0.29, 0.717) is 11.0 Å². The first-order valence-electron chi connectivity index (χ1n) is 7.44. The number of aromatic carboxylic acids is 1. The number of carboxylic acids is 1. The van der Waals surface area contributed by atoms with Gasteiger partial charge in [0.25, 0.3) is 0 Å². The van der Waals surface area contributed by atoms with Gasteiger partial charge in [-0.05, 0) is 43.0 Å². The van der Waals surface area contributed by atoms with Gasteiger partial charge in [-0.25, -0.2) is 4.79 Å². The highest BCUT2D eigenvalue weighted by Gasteiger charge is 2.49. The average Bonchev–Trinajstić information content (AvgIpc) is 3.27. The van der Waals surface area contributed by atoms with Crippen LogP contribution in [0.25, 0.3) is 10.9 Å². The Hall–Kier alpha value is -2.10. The van der Waals surface area contributed by atoms with Crippen LogP contribution in [0, 0.1) is 11.3 Å². The van der Waals surface area contributed by atoms with Crippen molar-refractivity contribution in [2.45, 2.75) is 19.8 Å². The zero-order chi connectivity index (χ0) is 14.6. The summed E-state index contributed by atoms with van der Waals surface area (Å²) in [5.74, 6) is -0.00330. The zero-order valence-corrected chi connectivity index (χ0v) is 12.0. The molecule has 1 N–H and O–H groups in total. The lowest BCUT2D eigenvalue weighted by Gasteiger charge is -2.50. The third-order valence-electron chi connectivity index (χ3n) is 4.99. The van der Waals surface area contributed by atoms with Crippen molar-refractivity contribution in [2.24, 2.45) is 11.3 Å². The van der Waals surface area contributed by atoms with Crippen LogP contribution in [0.1, 0.15) is 30.1 Å². The van der Waals surface area contributed by atoms with Crippen LogP contribution in [0.2, 0.25) is 0 Å². The predicted molar refractivity (Wildman–Crippen MR) is 81.7 cm³/mol. The second-order valence-corrected chi connectivity index (χ2v) is 6.65. The van der Waals surface area contributed by atoms with Crippen LogP contribution in [-0.2, 0) is 0 Å². The molecule has 0 amide bonds. The summed E-state index contributed by atoms with van der Waals surface area (Å²) in [6.45, 7) is 4.52. The van der Waals surface area contributed by atoms with E-state index >= 15 is 0 Å². The van der Waals surface area contributed by atoms with Crippen molar-refractivity contribution >= 4 is 22.6 Å². The van der Waals surface area contributed by atoms with Gasteiger partial charge in [0, 0.05) is 35.8 Å². The van der Waals surface area contributed by atoms with Crippen molar-refractivity contribution in [1.29, 1.82) is 0 Å². The van der Waals surface area contributed by atoms with E-state index in [-0.39, 0.29) is 0 Å². The minimum Gasteiger partial charge on any atom is -0.478 e. The van der Waals surface area contributed by atoms with Gasteiger partial charge < -0.3 is 10.0 Å². The van der Waals surface area contributed by atoms with Crippen molar-refractivity contribution in [3.8, 4) is 0 Å². The number of aromatic nitrogens is 1. The highest BCUT2D eigenvalue weighted by molar-refractivity contribution is 6.03. The maximum atomic E-state index is 11.3. The van der Waals surface area contributed by atoms with Gasteiger partial charge in [0.15, 0.2) is 0 Å². The van der Waals surface area contributed by atoms with E-state index in [2.05, 4.69) is 16.8 Å². The van der Waals surface area contributed by atoms with Crippen LogP contribution in [0.3, 0.4) is 0 Å². The van der Waals surface area contributed by atoms with Crippen LogP contribution < -0.4 is 4.90 Å². The van der Waals surface area contributed by atoms with Gasteiger partial charge in [0.05, 0.1) is 11.1 Å². The van der Waals surface area contributed by atoms with E-state index < -0.39 is 5.97 Å². The SMILES string of the molecule is CC1(C2CC2)CN(c2ccc3nccc(C(=O)O)c3c2)C1. The Labute approximate surface area is 123 Å². The van der Waals surface area contributed by atoms with Gasteiger partial charge in [-0.15, -0.1) is 0 Å². The van der Waals surface area contributed by atoms with E-state index in [1.54, 1.807) is 12.3 Å². The number of carboxylic acid groups (broad SMARTS) is 1. The number of benzene rings is 1. The number of carbonyl (C=O) groups is 1. The molecule has 4 rings (SSSR count). The molecule has 1 saturated heterocycles. The molecule has 108 valence electrons. The number of pyridine rings is 1. The smallest absolute Gasteiger partial charge is 0.336 e. The molecule has 4 heteroatoms. The molecule has 0 radical (unpaired) electrons. The second kappa shape index (κ2) is 4.20. The molecule has 1 aromatic heterocycles. The van der Waals surface area contributed by atoms with Crippen LogP contribution in [0.15, 0.2) is 30.5 Å². The molecule has 2 aliphatic rings. The molecule has 1 aromatic carbocycles. The fraction of sp³-hybridized carbons (Fsp3) is 0.412. The molecule has 2 heterocycles. The molecule has 2 fully saturated rings. The second-order valence-electron chi connectivity index (χ2n) is 6.65. The van der Waals surface area contributed by atoms with Crippen LogP contribution in [0.5, 0.6) is 0 Å². The Morgan fingerprint density at radius 2 is 2.10 bits per heavy atom. The number of fused-ring (bicyclic) bond motifs is 1. The molecule has 21 heavy (non-hydrogen) atoms.